The summed E-state index contributed by atoms with van der Waals surface area (Å²) >= 11 is 0. The lowest BCUT2D eigenvalue weighted by atomic mass is 9.85. The minimum Gasteiger partial charge on any atom is -0.461 e. The van der Waals surface area contributed by atoms with Gasteiger partial charge in [-0.25, -0.2) is 0 Å². The van der Waals surface area contributed by atoms with Crippen LogP contribution in [0.5, 0.6) is 0 Å². The van der Waals surface area contributed by atoms with Crippen molar-refractivity contribution in [3.05, 3.63) is 109 Å². The van der Waals surface area contributed by atoms with E-state index in [2.05, 4.69) is 104 Å². The molecule has 0 aliphatic rings. The lowest BCUT2D eigenvalue weighted by Gasteiger charge is -2.20. The average Bonchev–Trinajstić information content (AvgIpc) is 3.09. The molecule has 238 valence electrons. The van der Waals surface area contributed by atoms with Gasteiger partial charge < -0.3 is 4.74 Å². The van der Waals surface area contributed by atoms with Crippen LogP contribution < -0.4 is 0 Å². The van der Waals surface area contributed by atoms with Crippen molar-refractivity contribution in [2.24, 2.45) is 0 Å². The van der Waals surface area contributed by atoms with E-state index in [0.29, 0.717) is 6.42 Å². The SMILES string of the molecule is CCCCCCCCCCCCCCCCCC(=O)OCc1ccc(-c2ccccc2)c(-c2ccccc2)c1-c1ccccc1. The lowest BCUT2D eigenvalue weighted by Crippen LogP contribution is -2.06. The quantitative estimate of drug-likeness (QED) is 0.0700. The largest absolute Gasteiger partial charge is 0.461 e. The molecule has 0 aromatic heterocycles. The smallest absolute Gasteiger partial charge is 0.306 e. The van der Waals surface area contributed by atoms with Gasteiger partial charge in [0.25, 0.3) is 0 Å². The van der Waals surface area contributed by atoms with Crippen molar-refractivity contribution in [1.29, 1.82) is 0 Å². The molecule has 0 saturated carbocycles. The van der Waals surface area contributed by atoms with Crippen LogP contribution in [0.2, 0.25) is 0 Å². The van der Waals surface area contributed by atoms with Crippen LogP contribution in [-0.2, 0) is 16.1 Å². The van der Waals surface area contributed by atoms with Gasteiger partial charge in [0.2, 0.25) is 0 Å². The molecule has 2 heteroatoms. The Bertz CT molecular complexity index is 1360. The van der Waals surface area contributed by atoms with E-state index in [1.165, 1.54) is 100 Å². The van der Waals surface area contributed by atoms with Crippen LogP contribution in [0.15, 0.2) is 103 Å². The molecule has 0 unspecified atom stereocenters. The van der Waals surface area contributed by atoms with Crippen LogP contribution in [0.25, 0.3) is 33.4 Å². The van der Waals surface area contributed by atoms with Crippen LogP contribution in [0.3, 0.4) is 0 Å². The zero-order valence-electron chi connectivity index (χ0n) is 27.7. The summed E-state index contributed by atoms with van der Waals surface area (Å²) in [5, 5.41) is 0. The van der Waals surface area contributed by atoms with Crippen molar-refractivity contribution < 1.29 is 9.53 Å². The molecule has 45 heavy (non-hydrogen) atoms. The Morgan fingerprint density at radius 2 is 0.889 bits per heavy atom. The van der Waals surface area contributed by atoms with Gasteiger partial charge in [0, 0.05) is 6.42 Å². The fourth-order valence-electron chi connectivity index (χ4n) is 6.33. The molecule has 0 radical (unpaired) electrons. The van der Waals surface area contributed by atoms with Crippen molar-refractivity contribution >= 4 is 5.97 Å². The number of hydrogen-bond donors (Lipinski definition) is 0. The minimum atomic E-state index is -0.0999. The summed E-state index contributed by atoms with van der Waals surface area (Å²) in [6.07, 6.45) is 20.3. The number of carbonyl (C=O) groups excluding carboxylic acids is 1. The molecule has 0 fully saturated rings. The molecule has 0 aliphatic heterocycles. The van der Waals surface area contributed by atoms with Gasteiger partial charge in [-0.05, 0) is 45.4 Å². The molecule has 0 N–H and O–H groups in total. The van der Waals surface area contributed by atoms with E-state index in [9.17, 15) is 4.79 Å². The second kappa shape index (κ2) is 20.4. The normalized spacial score (nSPS) is 11.0. The predicted octanol–water partition coefficient (Wildman–Crippen LogP) is 13.0. The second-order valence-corrected chi connectivity index (χ2v) is 12.5. The van der Waals surface area contributed by atoms with Crippen molar-refractivity contribution in [3.8, 4) is 33.4 Å². The third-order valence-corrected chi connectivity index (χ3v) is 8.87. The van der Waals surface area contributed by atoms with E-state index in [-0.39, 0.29) is 12.6 Å². The molecule has 0 heterocycles. The fraction of sp³-hybridized carbons (Fsp3) is 0.419. The number of esters is 1. The Morgan fingerprint density at radius 1 is 0.467 bits per heavy atom. The number of benzene rings is 4. The van der Waals surface area contributed by atoms with Crippen molar-refractivity contribution in [1.82, 2.24) is 0 Å². The highest BCUT2D eigenvalue weighted by Crippen LogP contribution is 2.42. The minimum absolute atomic E-state index is 0.0999. The van der Waals surface area contributed by atoms with Crippen molar-refractivity contribution in [3.63, 3.8) is 0 Å². The number of unbranched alkanes of at least 4 members (excludes halogenated alkanes) is 14. The van der Waals surface area contributed by atoms with Gasteiger partial charge in [0.15, 0.2) is 0 Å². The summed E-state index contributed by atoms with van der Waals surface area (Å²) < 4.78 is 5.91. The first-order valence-electron chi connectivity index (χ1n) is 17.8. The molecule has 0 aliphatic carbocycles. The second-order valence-electron chi connectivity index (χ2n) is 12.5. The number of carbonyl (C=O) groups is 1. The molecule has 4 rings (SSSR count). The van der Waals surface area contributed by atoms with E-state index >= 15 is 0 Å². The van der Waals surface area contributed by atoms with Crippen LogP contribution in [0, 0.1) is 0 Å². The highest BCUT2D eigenvalue weighted by Gasteiger charge is 2.19. The monoisotopic (exact) mass is 602 g/mol. The summed E-state index contributed by atoms with van der Waals surface area (Å²) in [6, 6.07) is 35.9. The summed E-state index contributed by atoms with van der Waals surface area (Å²) in [5.74, 6) is -0.0999. The first-order chi connectivity index (χ1) is 22.3. The van der Waals surface area contributed by atoms with Gasteiger partial charge in [0.05, 0.1) is 0 Å². The Hall–Kier alpha value is -3.65. The van der Waals surface area contributed by atoms with E-state index in [1.807, 2.05) is 6.07 Å². The third-order valence-electron chi connectivity index (χ3n) is 8.87. The Morgan fingerprint density at radius 3 is 1.38 bits per heavy atom. The lowest BCUT2D eigenvalue weighted by molar-refractivity contribution is -0.145. The average molecular weight is 603 g/mol. The molecular weight excluding hydrogens is 548 g/mol. The molecule has 0 spiro atoms. The zero-order chi connectivity index (χ0) is 31.4. The van der Waals surface area contributed by atoms with Gasteiger partial charge in [-0.15, -0.1) is 0 Å². The van der Waals surface area contributed by atoms with Gasteiger partial charge in [-0.3, -0.25) is 4.79 Å². The van der Waals surface area contributed by atoms with Crippen LogP contribution in [0.4, 0.5) is 0 Å². The van der Waals surface area contributed by atoms with E-state index in [4.69, 9.17) is 4.74 Å². The Balaban J connectivity index is 1.27. The van der Waals surface area contributed by atoms with Crippen molar-refractivity contribution in [2.75, 3.05) is 0 Å². The number of ether oxygens (including phenoxy) is 1. The molecule has 0 saturated heterocycles. The molecule has 0 bridgehead atoms. The molecule has 0 amide bonds. The van der Waals surface area contributed by atoms with Crippen LogP contribution in [0.1, 0.15) is 115 Å². The maximum atomic E-state index is 12.8. The Labute approximate surface area is 273 Å². The molecular formula is C43H54O2. The molecule has 0 atom stereocenters. The fourth-order valence-corrected chi connectivity index (χ4v) is 6.33. The summed E-state index contributed by atoms with van der Waals surface area (Å²) in [6.45, 7) is 2.56. The summed E-state index contributed by atoms with van der Waals surface area (Å²) in [4.78, 5) is 12.8. The number of hydrogen-bond acceptors (Lipinski definition) is 2. The summed E-state index contributed by atoms with van der Waals surface area (Å²) in [7, 11) is 0. The van der Waals surface area contributed by atoms with Gasteiger partial charge in [0.1, 0.15) is 6.61 Å². The topological polar surface area (TPSA) is 26.3 Å². The van der Waals surface area contributed by atoms with Gasteiger partial charge in [-0.1, -0.05) is 200 Å². The third kappa shape index (κ3) is 11.7. The van der Waals surface area contributed by atoms with E-state index < -0.39 is 0 Å². The predicted molar refractivity (Wildman–Crippen MR) is 192 cm³/mol. The number of rotatable bonds is 21. The molecule has 4 aromatic rings. The van der Waals surface area contributed by atoms with Crippen LogP contribution >= 0.6 is 0 Å². The first-order valence-corrected chi connectivity index (χ1v) is 17.8. The zero-order valence-corrected chi connectivity index (χ0v) is 27.7. The highest BCUT2D eigenvalue weighted by molar-refractivity contribution is 5.96. The van der Waals surface area contributed by atoms with E-state index in [1.54, 1.807) is 0 Å². The van der Waals surface area contributed by atoms with Gasteiger partial charge in [-0.2, -0.15) is 0 Å². The Kier molecular flexibility index (Phi) is 15.5. The maximum absolute atomic E-state index is 12.8. The van der Waals surface area contributed by atoms with Crippen molar-refractivity contribution in [2.45, 2.75) is 116 Å². The van der Waals surface area contributed by atoms with Gasteiger partial charge >= 0.3 is 5.97 Å². The highest BCUT2D eigenvalue weighted by atomic mass is 16.5. The molecule has 4 aromatic carbocycles. The summed E-state index contributed by atoms with van der Waals surface area (Å²) in [5.41, 5.74) is 7.96. The van der Waals surface area contributed by atoms with Crippen LogP contribution in [-0.4, -0.2) is 5.97 Å². The maximum Gasteiger partial charge on any atom is 0.306 e. The molecule has 2 nitrogen and oxygen atoms in total. The first kappa shape index (κ1) is 34.2. The standard InChI is InChI=1S/C43H54O2/c1-2-3-4-5-6-7-8-9-10-11-12-13-14-15-25-32-41(44)45-35-39-33-34-40(36-26-19-16-20-27-36)43(38-30-23-18-24-31-38)42(39)37-28-21-17-22-29-37/h16-24,26-31,33-34H,2-15,25,32,35H2,1H3. The van der Waals surface area contributed by atoms with E-state index in [0.717, 1.165) is 35.1 Å².